The summed E-state index contributed by atoms with van der Waals surface area (Å²) in [6, 6.07) is 14.7. The van der Waals surface area contributed by atoms with E-state index in [1.807, 2.05) is 35.2 Å². The molecule has 0 saturated carbocycles. The first-order valence-corrected chi connectivity index (χ1v) is 12.0. The highest BCUT2D eigenvalue weighted by molar-refractivity contribution is 5.80. The lowest BCUT2D eigenvalue weighted by atomic mass is 9.84. The van der Waals surface area contributed by atoms with E-state index in [1.165, 1.54) is 13.2 Å². The van der Waals surface area contributed by atoms with E-state index in [-0.39, 0.29) is 23.7 Å². The Balaban J connectivity index is 1.35. The zero-order valence-corrected chi connectivity index (χ0v) is 19.7. The van der Waals surface area contributed by atoms with Gasteiger partial charge in [-0.05, 0) is 61.4 Å². The van der Waals surface area contributed by atoms with Gasteiger partial charge in [-0.3, -0.25) is 9.59 Å². The molecule has 0 radical (unpaired) electrons. The first kappa shape index (κ1) is 24.2. The van der Waals surface area contributed by atoms with Gasteiger partial charge in [-0.1, -0.05) is 30.3 Å². The predicted octanol–water partition coefficient (Wildman–Crippen LogP) is 4.01. The number of piperidine rings is 1. The van der Waals surface area contributed by atoms with Gasteiger partial charge in [0.2, 0.25) is 11.8 Å². The number of nitrogens with one attached hydrogen (secondary N) is 1. The minimum absolute atomic E-state index is 0.0175. The molecule has 0 unspecified atom stereocenters. The van der Waals surface area contributed by atoms with Crippen LogP contribution in [0.5, 0.6) is 5.75 Å². The number of hydrogen-bond donors (Lipinski definition) is 1. The van der Waals surface area contributed by atoms with Crippen LogP contribution in [-0.4, -0.2) is 48.6 Å². The molecule has 2 aromatic carbocycles. The number of carbonyl (C=O) groups excluding carboxylic acids is 2. The molecular weight excluding hydrogens is 435 g/mol. The molecule has 6 nitrogen and oxygen atoms in total. The number of halogens is 1. The third-order valence-electron chi connectivity index (χ3n) is 6.89. The van der Waals surface area contributed by atoms with Gasteiger partial charge in [0.05, 0.1) is 19.8 Å². The number of carbonyl (C=O) groups is 2. The third-order valence-corrected chi connectivity index (χ3v) is 6.89. The fourth-order valence-electron chi connectivity index (χ4n) is 4.95. The van der Waals surface area contributed by atoms with Gasteiger partial charge in [-0.2, -0.15) is 0 Å². The molecule has 0 spiro atoms. The first-order valence-electron chi connectivity index (χ1n) is 12.0. The minimum atomic E-state index is -0.626. The molecule has 1 N–H and O–H groups in total. The Morgan fingerprint density at radius 1 is 1.24 bits per heavy atom. The second kappa shape index (κ2) is 11.0. The highest BCUT2D eigenvalue weighted by Gasteiger charge is 2.39. The molecule has 2 atom stereocenters. The van der Waals surface area contributed by atoms with E-state index < -0.39 is 5.54 Å². The molecule has 7 heteroatoms. The van der Waals surface area contributed by atoms with E-state index in [9.17, 15) is 14.0 Å². The number of nitrogens with zero attached hydrogens (tertiary/aromatic N) is 1. The van der Waals surface area contributed by atoms with Crippen molar-refractivity contribution in [3.63, 3.8) is 0 Å². The fourth-order valence-corrected chi connectivity index (χ4v) is 4.95. The molecule has 2 aromatic rings. The van der Waals surface area contributed by atoms with Crippen LogP contribution in [0.2, 0.25) is 0 Å². The van der Waals surface area contributed by atoms with Gasteiger partial charge in [0.1, 0.15) is 11.6 Å². The van der Waals surface area contributed by atoms with E-state index in [2.05, 4.69) is 5.32 Å². The topological polar surface area (TPSA) is 67.9 Å². The molecule has 0 aromatic heterocycles. The predicted molar refractivity (Wildman–Crippen MR) is 127 cm³/mol. The maximum Gasteiger partial charge on any atom is 0.222 e. The molecule has 182 valence electrons. The largest absolute Gasteiger partial charge is 0.497 e. The number of benzene rings is 2. The number of hydrogen-bond acceptors (Lipinski definition) is 4. The van der Waals surface area contributed by atoms with Crippen LogP contribution in [0.3, 0.4) is 0 Å². The van der Waals surface area contributed by atoms with Crippen molar-refractivity contribution < 1.29 is 23.5 Å². The summed E-state index contributed by atoms with van der Waals surface area (Å²) >= 11 is 0. The Bertz CT molecular complexity index is 999. The lowest BCUT2D eigenvalue weighted by Crippen LogP contribution is -2.47. The van der Waals surface area contributed by atoms with Crippen LogP contribution in [0.15, 0.2) is 48.5 Å². The van der Waals surface area contributed by atoms with E-state index in [1.54, 1.807) is 12.1 Å². The van der Waals surface area contributed by atoms with Gasteiger partial charge < -0.3 is 19.7 Å². The number of ether oxygens (including phenoxy) is 2. The van der Waals surface area contributed by atoms with Crippen LogP contribution in [0.25, 0.3) is 0 Å². The molecular formula is C27H33FN2O4. The van der Waals surface area contributed by atoms with Crippen LogP contribution in [-0.2, 0) is 27.4 Å². The van der Waals surface area contributed by atoms with Gasteiger partial charge in [0.15, 0.2) is 0 Å². The molecule has 34 heavy (non-hydrogen) atoms. The molecule has 2 heterocycles. The summed E-state index contributed by atoms with van der Waals surface area (Å²) in [5.74, 6) is 0.242. The van der Waals surface area contributed by atoms with Gasteiger partial charge >= 0.3 is 0 Å². The third kappa shape index (κ3) is 6.14. The van der Waals surface area contributed by atoms with Crippen molar-refractivity contribution in [3.05, 3.63) is 65.5 Å². The molecule has 2 aliphatic heterocycles. The maximum absolute atomic E-state index is 14.5. The molecule has 4 rings (SSSR count). The molecule has 2 aliphatic rings. The van der Waals surface area contributed by atoms with E-state index in [0.717, 1.165) is 18.4 Å². The second-order valence-electron chi connectivity index (χ2n) is 9.36. The van der Waals surface area contributed by atoms with Crippen molar-refractivity contribution in [2.75, 3.05) is 20.2 Å². The summed E-state index contributed by atoms with van der Waals surface area (Å²) in [6.45, 7) is 1.83. The standard InChI is InChI=1S/C27H33FN2O4/c1-33-22-9-10-24(28)21(16-22)17-27(13-11-25(31)29-27)14-12-26(32)30-15-5-8-23(18-30)34-19-20-6-3-2-4-7-20/h2-4,6-7,9-10,16,23H,5,8,11-15,17-19H2,1H3,(H,29,31)/t23-,27+/m1/s1. The van der Waals surface area contributed by atoms with Crippen molar-refractivity contribution in [3.8, 4) is 5.75 Å². The zero-order valence-electron chi connectivity index (χ0n) is 19.7. The lowest BCUT2D eigenvalue weighted by Gasteiger charge is -2.34. The summed E-state index contributed by atoms with van der Waals surface area (Å²) < 4.78 is 25.8. The molecule has 0 bridgehead atoms. The van der Waals surface area contributed by atoms with E-state index >= 15 is 0 Å². The number of rotatable bonds is 9. The SMILES string of the molecule is COc1ccc(F)c(C[C@@]2(CCC(=O)N3CCC[C@@H](OCc4ccccc4)C3)CCC(=O)N2)c1. The van der Waals surface area contributed by atoms with Crippen LogP contribution in [0, 0.1) is 5.82 Å². The monoisotopic (exact) mass is 468 g/mol. The van der Waals surface area contributed by atoms with Crippen molar-refractivity contribution >= 4 is 11.8 Å². The van der Waals surface area contributed by atoms with Gasteiger partial charge in [0, 0.05) is 31.5 Å². The average molecular weight is 469 g/mol. The Hall–Kier alpha value is -2.93. The molecule has 2 saturated heterocycles. The highest BCUT2D eigenvalue weighted by atomic mass is 19.1. The van der Waals surface area contributed by atoms with Crippen LogP contribution < -0.4 is 10.1 Å². The van der Waals surface area contributed by atoms with Crippen LogP contribution >= 0.6 is 0 Å². The second-order valence-corrected chi connectivity index (χ2v) is 9.36. The highest BCUT2D eigenvalue weighted by Crippen LogP contribution is 2.32. The molecule has 2 fully saturated rings. The van der Waals surface area contributed by atoms with Crippen molar-refractivity contribution in [1.29, 1.82) is 0 Å². The lowest BCUT2D eigenvalue weighted by molar-refractivity contribution is -0.136. The summed E-state index contributed by atoms with van der Waals surface area (Å²) in [6.07, 6.45) is 3.93. The Morgan fingerprint density at radius 2 is 2.06 bits per heavy atom. The summed E-state index contributed by atoms with van der Waals surface area (Å²) in [5, 5.41) is 3.04. The first-order chi connectivity index (χ1) is 16.5. The van der Waals surface area contributed by atoms with E-state index in [4.69, 9.17) is 9.47 Å². The fraction of sp³-hybridized carbons (Fsp3) is 0.481. The van der Waals surface area contributed by atoms with Gasteiger partial charge in [0.25, 0.3) is 0 Å². The quantitative estimate of drug-likeness (QED) is 0.604. The summed E-state index contributed by atoms with van der Waals surface area (Å²) in [5.41, 5.74) is 0.981. The van der Waals surface area contributed by atoms with Crippen molar-refractivity contribution in [2.24, 2.45) is 0 Å². The minimum Gasteiger partial charge on any atom is -0.497 e. The van der Waals surface area contributed by atoms with Crippen molar-refractivity contribution in [1.82, 2.24) is 10.2 Å². The average Bonchev–Trinajstić information content (AvgIpc) is 3.24. The number of methoxy groups -OCH3 is 1. The van der Waals surface area contributed by atoms with Crippen molar-refractivity contribution in [2.45, 2.75) is 63.2 Å². The number of amides is 2. The maximum atomic E-state index is 14.5. The Labute approximate surface area is 200 Å². The zero-order chi connectivity index (χ0) is 24.0. The molecule has 0 aliphatic carbocycles. The van der Waals surface area contributed by atoms with E-state index in [0.29, 0.717) is 63.1 Å². The van der Waals surface area contributed by atoms with Crippen LogP contribution in [0.1, 0.15) is 49.7 Å². The number of likely N-dealkylation sites (tertiary alicyclic amines) is 1. The Kier molecular flexibility index (Phi) is 7.83. The smallest absolute Gasteiger partial charge is 0.222 e. The van der Waals surface area contributed by atoms with Crippen LogP contribution in [0.4, 0.5) is 4.39 Å². The summed E-state index contributed by atoms with van der Waals surface area (Å²) in [4.78, 5) is 27.0. The van der Waals surface area contributed by atoms with Gasteiger partial charge in [-0.15, -0.1) is 0 Å². The Morgan fingerprint density at radius 3 is 2.79 bits per heavy atom. The molecule has 2 amide bonds. The summed E-state index contributed by atoms with van der Waals surface area (Å²) in [7, 11) is 1.54. The van der Waals surface area contributed by atoms with Gasteiger partial charge in [-0.25, -0.2) is 4.39 Å². The normalized spacial score (nSPS) is 22.5.